The zero-order valence-electron chi connectivity index (χ0n) is 8.82. The molecule has 1 nitrogen and oxygen atoms in total. The number of nitrogens with one attached hydrogen (secondary N) is 1. The van der Waals surface area contributed by atoms with Gasteiger partial charge in [0, 0.05) is 0 Å². The van der Waals surface area contributed by atoms with Crippen LogP contribution in [-0.4, -0.2) is 13.1 Å². The first kappa shape index (κ1) is 11.1. The highest BCUT2D eigenvalue weighted by Gasteiger charge is 2.17. The van der Waals surface area contributed by atoms with Gasteiger partial charge >= 0.3 is 0 Å². The minimum absolute atomic E-state index is 0.166. The average molecular weight is 272 g/mol. The maximum absolute atomic E-state index is 13.2. The van der Waals surface area contributed by atoms with Crippen LogP contribution in [0.2, 0.25) is 0 Å². The van der Waals surface area contributed by atoms with Crippen LogP contribution in [0.25, 0.3) is 0 Å². The van der Waals surface area contributed by atoms with E-state index in [1.54, 1.807) is 6.07 Å². The van der Waals surface area contributed by atoms with Gasteiger partial charge in [-0.3, -0.25) is 0 Å². The van der Waals surface area contributed by atoms with Crippen molar-refractivity contribution in [1.82, 2.24) is 5.32 Å². The maximum atomic E-state index is 13.2. The molecule has 2 rings (SSSR count). The SMILES string of the molecule is Cc1c(CC2CCNC2)ccc(F)c1Br. The third-order valence-corrected chi connectivity index (χ3v) is 4.10. The van der Waals surface area contributed by atoms with Crippen molar-refractivity contribution in [3.63, 3.8) is 0 Å². The fourth-order valence-corrected chi connectivity index (χ4v) is 2.50. The monoisotopic (exact) mass is 271 g/mol. The number of hydrogen-bond acceptors (Lipinski definition) is 1. The molecule has 1 heterocycles. The van der Waals surface area contributed by atoms with Gasteiger partial charge in [-0.25, -0.2) is 4.39 Å². The molecule has 1 aromatic rings. The summed E-state index contributed by atoms with van der Waals surface area (Å²) >= 11 is 3.29. The summed E-state index contributed by atoms with van der Waals surface area (Å²) in [5.41, 5.74) is 2.30. The second-order valence-electron chi connectivity index (χ2n) is 4.21. The molecular formula is C12H15BrFN. The van der Waals surface area contributed by atoms with Crippen molar-refractivity contribution < 1.29 is 4.39 Å². The van der Waals surface area contributed by atoms with Gasteiger partial charge in [0.05, 0.1) is 4.47 Å². The summed E-state index contributed by atoms with van der Waals surface area (Å²) in [4.78, 5) is 0. The summed E-state index contributed by atoms with van der Waals surface area (Å²) in [7, 11) is 0. The standard InChI is InChI=1S/C12H15BrFN/c1-8-10(2-3-11(14)12(8)13)6-9-4-5-15-7-9/h2-3,9,15H,4-7H2,1H3. The third-order valence-electron chi connectivity index (χ3n) is 3.12. The van der Waals surface area contributed by atoms with Crippen molar-refractivity contribution in [2.75, 3.05) is 13.1 Å². The highest BCUT2D eigenvalue weighted by Crippen LogP contribution is 2.26. The summed E-state index contributed by atoms with van der Waals surface area (Å²) in [6.45, 7) is 4.19. The molecule has 1 N–H and O–H groups in total. The Kier molecular flexibility index (Phi) is 3.42. The number of benzene rings is 1. The highest BCUT2D eigenvalue weighted by atomic mass is 79.9. The predicted octanol–water partition coefficient (Wildman–Crippen LogP) is 3.05. The smallest absolute Gasteiger partial charge is 0.137 e. The molecule has 1 unspecified atom stereocenters. The Balaban J connectivity index is 2.17. The molecule has 1 fully saturated rings. The van der Waals surface area contributed by atoms with Crippen LogP contribution in [0.15, 0.2) is 16.6 Å². The Bertz CT molecular complexity index is 359. The van der Waals surface area contributed by atoms with Crippen molar-refractivity contribution in [3.8, 4) is 0 Å². The third kappa shape index (κ3) is 2.40. The van der Waals surface area contributed by atoms with Gasteiger partial charge in [0.2, 0.25) is 0 Å². The first-order valence-electron chi connectivity index (χ1n) is 5.32. The van der Waals surface area contributed by atoms with E-state index in [9.17, 15) is 4.39 Å². The molecule has 0 saturated carbocycles. The molecule has 0 spiro atoms. The summed E-state index contributed by atoms with van der Waals surface area (Å²) in [5.74, 6) is 0.543. The van der Waals surface area contributed by atoms with Crippen LogP contribution >= 0.6 is 15.9 Å². The minimum Gasteiger partial charge on any atom is -0.316 e. The number of halogens is 2. The molecule has 0 bridgehead atoms. The summed E-state index contributed by atoms with van der Waals surface area (Å²) < 4.78 is 13.8. The van der Waals surface area contributed by atoms with Gasteiger partial charge in [0.15, 0.2) is 0 Å². The van der Waals surface area contributed by atoms with Gasteiger partial charge in [0.1, 0.15) is 5.82 Å². The van der Waals surface area contributed by atoms with Gasteiger partial charge in [-0.2, -0.15) is 0 Å². The lowest BCUT2D eigenvalue weighted by Gasteiger charge is -2.12. The topological polar surface area (TPSA) is 12.0 Å². The van der Waals surface area contributed by atoms with Gasteiger partial charge in [-0.1, -0.05) is 6.07 Å². The van der Waals surface area contributed by atoms with E-state index in [1.807, 2.05) is 13.0 Å². The van der Waals surface area contributed by atoms with Gasteiger partial charge in [-0.15, -0.1) is 0 Å². The maximum Gasteiger partial charge on any atom is 0.137 e. The van der Waals surface area contributed by atoms with Gasteiger partial charge in [-0.05, 0) is 71.9 Å². The van der Waals surface area contributed by atoms with E-state index < -0.39 is 0 Å². The number of rotatable bonds is 2. The lowest BCUT2D eigenvalue weighted by Crippen LogP contribution is -2.11. The Hall–Kier alpha value is -0.410. The molecule has 0 radical (unpaired) electrons. The quantitative estimate of drug-likeness (QED) is 0.872. The van der Waals surface area contributed by atoms with E-state index in [1.165, 1.54) is 12.0 Å². The highest BCUT2D eigenvalue weighted by molar-refractivity contribution is 9.10. The lowest BCUT2D eigenvalue weighted by molar-refractivity contribution is 0.574. The van der Waals surface area contributed by atoms with Crippen molar-refractivity contribution in [1.29, 1.82) is 0 Å². The molecule has 0 aromatic heterocycles. The number of hydrogen-bond donors (Lipinski definition) is 1. The Morgan fingerprint density at radius 2 is 2.33 bits per heavy atom. The predicted molar refractivity (Wildman–Crippen MR) is 63.5 cm³/mol. The van der Waals surface area contributed by atoms with E-state index in [0.29, 0.717) is 10.4 Å². The van der Waals surface area contributed by atoms with Crippen molar-refractivity contribution in [2.45, 2.75) is 19.8 Å². The van der Waals surface area contributed by atoms with Crippen LogP contribution in [0.3, 0.4) is 0 Å². The van der Waals surface area contributed by atoms with Crippen LogP contribution in [0, 0.1) is 18.7 Å². The van der Waals surface area contributed by atoms with Crippen LogP contribution in [0.1, 0.15) is 17.5 Å². The minimum atomic E-state index is -0.166. The molecule has 3 heteroatoms. The van der Waals surface area contributed by atoms with Gasteiger partial charge in [0.25, 0.3) is 0 Å². The Morgan fingerprint density at radius 3 is 3.00 bits per heavy atom. The molecule has 1 saturated heterocycles. The molecule has 1 aliphatic rings. The zero-order valence-corrected chi connectivity index (χ0v) is 10.4. The molecule has 0 aliphatic carbocycles. The second kappa shape index (κ2) is 4.62. The lowest BCUT2D eigenvalue weighted by atomic mass is 9.95. The van der Waals surface area contributed by atoms with Crippen LogP contribution in [0.4, 0.5) is 4.39 Å². The average Bonchev–Trinajstić information content (AvgIpc) is 2.72. The van der Waals surface area contributed by atoms with Crippen molar-refractivity contribution in [2.24, 2.45) is 5.92 Å². The van der Waals surface area contributed by atoms with E-state index in [-0.39, 0.29) is 5.82 Å². The molecule has 1 atom stereocenters. The molecule has 0 amide bonds. The van der Waals surface area contributed by atoms with E-state index in [4.69, 9.17) is 0 Å². The molecule has 15 heavy (non-hydrogen) atoms. The van der Waals surface area contributed by atoms with E-state index in [2.05, 4.69) is 21.2 Å². The molecule has 1 aliphatic heterocycles. The largest absolute Gasteiger partial charge is 0.316 e. The first-order valence-corrected chi connectivity index (χ1v) is 6.12. The van der Waals surface area contributed by atoms with E-state index in [0.717, 1.165) is 25.1 Å². The summed E-state index contributed by atoms with van der Waals surface area (Å²) in [5, 5.41) is 3.35. The molecule has 82 valence electrons. The normalized spacial score (nSPS) is 20.9. The summed E-state index contributed by atoms with van der Waals surface area (Å²) in [6, 6.07) is 3.46. The summed E-state index contributed by atoms with van der Waals surface area (Å²) in [6.07, 6.45) is 2.28. The fraction of sp³-hybridized carbons (Fsp3) is 0.500. The van der Waals surface area contributed by atoms with Crippen molar-refractivity contribution in [3.05, 3.63) is 33.5 Å². The molecule has 1 aromatic carbocycles. The Labute approximate surface area is 98.2 Å². The van der Waals surface area contributed by atoms with Crippen molar-refractivity contribution >= 4 is 15.9 Å². The van der Waals surface area contributed by atoms with Gasteiger partial charge < -0.3 is 5.32 Å². The van der Waals surface area contributed by atoms with Crippen LogP contribution in [-0.2, 0) is 6.42 Å². The molecular weight excluding hydrogens is 257 g/mol. The van der Waals surface area contributed by atoms with E-state index >= 15 is 0 Å². The Morgan fingerprint density at radius 1 is 1.53 bits per heavy atom. The fourth-order valence-electron chi connectivity index (χ4n) is 2.11. The first-order chi connectivity index (χ1) is 7.18. The second-order valence-corrected chi connectivity index (χ2v) is 5.00. The van der Waals surface area contributed by atoms with Crippen LogP contribution in [0.5, 0.6) is 0 Å². The zero-order chi connectivity index (χ0) is 10.8. The van der Waals surface area contributed by atoms with Crippen LogP contribution < -0.4 is 5.32 Å².